The lowest BCUT2D eigenvalue weighted by Crippen LogP contribution is -2.32. The lowest BCUT2D eigenvalue weighted by molar-refractivity contribution is -0.0600. The number of hydrogen-bond donors (Lipinski definition) is 0. The van der Waals surface area contributed by atoms with Crippen LogP contribution in [0.1, 0.15) is 54.9 Å². The van der Waals surface area contributed by atoms with Crippen LogP contribution in [-0.2, 0) is 9.47 Å². The first-order chi connectivity index (χ1) is 7.23. The molecule has 0 aliphatic rings. The van der Waals surface area contributed by atoms with E-state index in [0.717, 1.165) is 6.42 Å². The van der Waals surface area contributed by atoms with Gasteiger partial charge in [-0.25, -0.2) is 0 Å². The van der Waals surface area contributed by atoms with Gasteiger partial charge in [0, 0.05) is 0 Å². The molecule has 0 amide bonds. The van der Waals surface area contributed by atoms with Crippen LogP contribution in [0.2, 0.25) is 0 Å². The molecule has 0 aliphatic heterocycles. The molecule has 0 radical (unpaired) electrons. The molecule has 98 valence electrons. The third-order valence-electron chi connectivity index (χ3n) is 2.50. The van der Waals surface area contributed by atoms with Crippen molar-refractivity contribution in [3.63, 3.8) is 0 Å². The van der Waals surface area contributed by atoms with Crippen molar-refractivity contribution in [2.24, 2.45) is 11.3 Å². The molecular weight excluding hydrogens is 200 g/mol. The Labute approximate surface area is 102 Å². The van der Waals surface area contributed by atoms with E-state index in [2.05, 4.69) is 48.5 Å². The summed E-state index contributed by atoms with van der Waals surface area (Å²) in [5, 5.41) is 0. The lowest BCUT2D eigenvalue weighted by atomic mass is 9.84. The average Bonchev–Trinajstić information content (AvgIpc) is 2.07. The summed E-state index contributed by atoms with van der Waals surface area (Å²) in [7, 11) is 0. The van der Waals surface area contributed by atoms with Gasteiger partial charge in [0.2, 0.25) is 0 Å². The third-order valence-corrected chi connectivity index (χ3v) is 2.50. The number of rotatable bonds is 7. The Hall–Kier alpha value is -0.0800. The van der Waals surface area contributed by atoms with Crippen LogP contribution < -0.4 is 0 Å². The van der Waals surface area contributed by atoms with E-state index in [0.29, 0.717) is 31.3 Å². The molecule has 0 rings (SSSR count). The van der Waals surface area contributed by atoms with Gasteiger partial charge in [-0.3, -0.25) is 0 Å². The van der Waals surface area contributed by atoms with Crippen molar-refractivity contribution < 1.29 is 9.47 Å². The Morgan fingerprint density at radius 2 is 1.38 bits per heavy atom. The molecule has 0 aromatic heterocycles. The number of hydrogen-bond acceptors (Lipinski definition) is 2. The molecule has 0 saturated carbocycles. The maximum absolute atomic E-state index is 5.94. The van der Waals surface area contributed by atoms with Crippen LogP contribution in [0.5, 0.6) is 0 Å². The Kier molecular flexibility index (Phi) is 7.25. The molecule has 0 N–H and O–H groups in total. The molecule has 0 fully saturated rings. The van der Waals surface area contributed by atoms with Crippen LogP contribution in [0.25, 0.3) is 0 Å². The minimum absolute atomic E-state index is 0.210. The van der Waals surface area contributed by atoms with Gasteiger partial charge in [0.25, 0.3) is 0 Å². The van der Waals surface area contributed by atoms with Gasteiger partial charge in [0.05, 0.1) is 25.4 Å². The molecule has 2 nitrogen and oxygen atoms in total. The van der Waals surface area contributed by atoms with Gasteiger partial charge in [-0.15, -0.1) is 0 Å². The van der Waals surface area contributed by atoms with Crippen molar-refractivity contribution in [3.05, 3.63) is 0 Å². The minimum Gasteiger partial charge on any atom is -0.376 e. The zero-order valence-electron chi connectivity index (χ0n) is 12.2. The summed E-state index contributed by atoms with van der Waals surface area (Å²) in [6.45, 7) is 16.7. The van der Waals surface area contributed by atoms with Gasteiger partial charge in [0.1, 0.15) is 0 Å². The van der Waals surface area contributed by atoms with Gasteiger partial charge < -0.3 is 9.47 Å². The van der Waals surface area contributed by atoms with E-state index in [1.165, 1.54) is 0 Å². The Bertz CT molecular complexity index is 168. The molecule has 16 heavy (non-hydrogen) atoms. The van der Waals surface area contributed by atoms with E-state index in [-0.39, 0.29) is 5.41 Å². The molecule has 1 unspecified atom stereocenters. The smallest absolute Gasteiger partial charge is 0.0704 e. The largest absolute Gasteiger partial charge is 0.376 e. The summed E-state index contributed by atoms with van der Waals surface area (Å²) in [4.78, 5) is 0. The molecule has 2 heteroatoms. The zero-order chi connectivity index (χ0) is 12.8. The SMILES string of the molecule is CC(C)CC(OCCOC(C)C)C(C)(C)C. The van der Waals surface area contributed by atoms with E-state index in [1.54, 1.807) is 0 Å². The quantitative estimate of drug-likeness (QED) is 0.618. The van der Waals surface area contributed by atoms with Crippen LogP contribution in [0.15, 0.2) is 0 Å². The summed E-state index contributed by atoms with van der Waals surface area (Å²) in [5.74, 6) is 0.676. The van der Waals surface area contributed by atoms with E-state index >= 15 is 0 Å². The predicted octanol–water partition coefficient (Wildman–Crippen LogP) is 3.89. The highest BCUT2D eigenvalue weighted by atomic mass is 16.5. The molecule has 0 aliphatic carbocycles. The zero-order valence-corrected chi connectivity index (χ0v) is 12.2. The highest BCUT2D eigenvalue weighted by Gasteiger charge is 2.25. The Morgan fingerprint density at radius 3 is 1.75 bits per heavy atom. The molecular formula is C14H30O2. The second-order valence-corrected chi connectivity index (χ2v) is 6.27. The van der Waals surface area contributed by atoms with Crippen molar-refractivity contribution in [3.8, 4) is 0 Å². The molecule has 0 spiro atoms. The van der Waals surface area contributed by atoms with Crippen molar-refractivity contribution >= 4 is 0 Å². The van der Waals surface area contributed by atoms with Crippen molar-refractivity contribution in [1.29, 1.82) is 0 Å². The highest BCUT2D eigenvalue weighted by molar-refractivity contribution is 4.75. The van der Waals surface area contributed by atoms with Crippen LogP contribution >= 0.6 is 0 Å². The molecule has 1 atom stereocenters. The van der Waals surface area contributed by atoms with Gasteiger partial charge in [-0.2, -0.15) is 0 Å². The van der Waals surface area contributed by atoms with Crippen LogP contribution in [-0.4, -0.2) is 25.4 Å². The second-order valence-electron chi connectivity index (χ2n) is 6.27. The van der Waals surface area contributed by atoms with Crippen LogP contribution in [0.4, 0.5) is 0 Å². The first-order valence-electron chi connectivity index (χ1n) is 6.46. The maximum Gasteiger partial charge on any atom is 0.0704 e. The standard InChI is InChI=1S/C14H30O2/c1-11(2)10-13(14(5,6)7)16-9-8-15-12(3)4/h11-13H,8-10H2,1-7H3. The van der Waals surface area contributed by atoms with Gasteiger partial charge in [-0.1, -0.05) is 34.6 Å². The summed E-state index contributed by atoms with van der Waals surface area (Å²) < 4.78 is 11.4. The molecule has 0 aromatic rings. The summed E-state index contributed by atoms with van der Waals surface area (Å²) in [6.07, 6.45) is 1.73. The second kappa shape index (κ2) is 7.29. The fourth-order valence-corrected chi connectivity index (χ4v) is 1.57. The van der Waals surface area contributed by atoms with Crippen molar-refractivity contribution in [1.82, 2.24) is 0 Å². The predicted molar refractivity (Wildman–Crippen MR) is 69.7 cm³/mol. The van der Waals surface area contributed by atoms with E-state index in [9.17, 15) is 0 Å². The fourth-order valence-electron chi connectivity index (χ4n) is 1.57. The van der Waals surface area contributed by atoms with Gasteiger partial charge in [0.15, 0.2) is 0 Å². The van der Waals surface area contributed by atoms with Crippen LogP contribution in [0, 0.1) is 11.3 Å². The molecule has 0 saturated heterocycles. The Balaban J connectivity index is 3.94. The summed E-state index contributed by atoms with van der Waals surface area (Å²) >= 11 is 0. The molecule has 0 heterocycles. The van der Waals surface area contributed by atoms with Gasteiger partial charge in [-0.05, 0) is 31.6 Å². The van der Waals surface area contributed by atoms with Crippen LogP contribution in [0.3, 0.4) is 0 Å². The monoisotopic (exact) mass is 230 g/mol. The summed E-state index contributed by atoms with van der Waals surface area (Å²) in [6, 6.07) is 0. The lowest BCUT2D eigenvalue weighted by Gasteiger charge is -2.32. The minimum atomic E-state index is 0.210. The van der Waals surface area contributed by atoms with E-state index < -0.39 is 0 Å². The Morgan fingerprint density at radius 1 is 0.875 bits per heavy atom. The summed E-state index contributed by atoms with van der Waals surface area (Å²) in [5.41, 5.74) is 0.210. The van der Waals surface area contributed by atoms with Crippen molar-refractivity contribution in [2.45, 2.75) is 67.1 Å². The average molecular weight is 230 g/mol. The third kappa shape index (κ3) is 8.12. The first-order valence-corrected chi connectivity index (χ1v) is 6.46. The first kappa shape index (κ1) is 15.9. The van der Waals surface area contributed by atoms with Crippen molar-refractivity contribution in [2.75, 3.05) is 13.2 Å². The maximum atomic E-state index is 5.94. The topological polar surface area (TPSA) is 18.5 Å². The van der Waals surface area contributed by atoms with E-state index in [4.69, 9.17) is 9.47 Å². The number of ether oxygens (including phenoxy) is 2. The highest BCUT2D eigenvalue weighted by Crippen LogP contribution is 2.27. The van der Waals surface area contributed by atoms with E-state index in [1.807, 2.05) is 0 Å². The van der Waals surface area contributed by atoms with Gasteiger partial charge >= 0.3 is 0 Å². The normalized spacial score (nSPS) is 14.8. The fraction of sp³-hybridized carbons (Fsp3) is 1.00. The molecule has 0 bridgehead atoms. The molecule has 0 aromatic carbocycles.